The molecule has 2 saturated heterocycles. The van der Waals surface area contributed by atoms with E-state index in [4.69, 9.17) is 4.74 Å². The largest absolute Gasteiger partial charge is 0.468 e. The lowest BCUT2D eigenvalue weighted by atomic mass is 9.90. The highest BCUT2D eigenvalue weighted by Crippen LogP contribution is 2.23. The Kier molecular flexibility index (Phi) is 3.59. The smallest absolute Gasteiger partial charge is 0.322 e. The van der Waals surface area contributed by atoms with Crippen LogP contribution in [0.1, 0.15) is 25.7 Å². The Morgan fingerprint density at radius 3 is 2.87 bits per heavy atom. The summed E-state index contributed by atoms with van der Waals surface area (Å²) in [6.07, 6.45) is 4.78. The third-order valence-corrected chi connectivity index (χ3v) is 3.57. The second-order valence-electron chi connectivity index (χ2n) is 4.54. The summed E-state index contributed by atoms with van der Waals surface area (Å²) in [5.74, 6) is 0.475. The van der Waals surface area contributed by atoms with Crippen molar-refractivity contribution < 1.29 is 9.53 Å². The summed E-state index contributed by atoms with van der Waals surface area (Å²) in [5.41, 5.74) is 0. The van der Waals surface area contributed by atoms with Crippen molar-refractivity contribution in [3.05, 3.63) is 0 Å². The molecule has 0 saturated carbocycles. The molecule has 3 unspecified atom stereocenters. The maximum atomic E-state index is 11.3. The van der Waals surface area contributed by atoms with Crippen LogP contribution in [-0.2, 0) is 9.53 Å². The first kappa shape index (κ1) is 10.9. The minimum Gasteiger partial charge on any atom is -0.468 e. The lowest BCUT2D eigenvalue weighted by molar-refractivity contribution is -0.142. The van der Waals surface area contributed by atoms with Crippen LogP contribution in [0.25, 0.3) is 0 Å². The fraction of sp³-hybridized carbons (Fsp3) is 0.909. The molecule has 0 aromatic rings. The summed E-state index contributed by atoms with van der Waals surface area (Å²) in [5, 5.41) is 6.79. The fourth-order valence-electron chi connectivity index (χ4n) is 2.67. The second kappa shape index (κ2) is 4.94. The van der Waals surface area contributed by atoms with E-state index in [1.165, 1.54) is 26.4 Å². The standard InChI is InChI=1S/C11H20N2O2/c1-15-11(14)10-6-8(7-13-10)9-4-2-3-5-12-9/h8-10,12-13H,2-7H2,1H3. The minimum absolute atomic E-state index is 0.0799. The van der Waals surface area contributed by atoms with Crippen molar-refractivity contribution in [2.75, 3.05) is 20.2 Å². The van der Waals surface area contributed by atoms with Gasteiger partial charge in [0.1, 0.15) is 6.04 Å². The molecule has 2 rings (SSSR count). The third kappa shape index (κ3) is 2.49. The van der Waals surface area contributed by atoms with Gasteiger partial charge in [-0.05, 0) is 31.7 Å². The number of hydrogen-bond donors (Lipinski definition) is 2. The van der Waals surface area contributed by atoms with Gasteiger partial charge < -0.3 is 15.4 Å². The van der Waals surface area contributed by atoms with Gasteiger partial charge in [-0.15, -0.1) is 0 Å². The number of methoxy groups -OCH3 is 1. The van der Waals surface area contributed by atoms with Gasteiger partial charge in [-0.3, -0.25) is 4.79 Å². The molecule has 3 atom stereocenters. The van der Waals surface area contributed by atoms with Gasteiger partial charge in [0.05, 0.1) is 7.11 Å². The number of rotatable bonds is 2. The van der Waals surface area contributed by atoms with Crippen LogP contribution in [0.15, 0.2) is 0 Å². The van der Waals surface area contributed by atoms with Crippen molar-refractivity contribution in [2.45, 2.75) is 37.8 Å². The highest BCUT2D eigenvalue weighted by atomic mass is 16.5. The van der Waals surface area contributed by atoms with Gasteiger partial charge in [-0.2, -0.15) is 0 Å². The van der Waals surface area contributed by atoms with E-state index in [9.17, 15) is 4.79 Å². The Morgan fingerprint density at radius 1 is 1.33 bits per heavy atom. The fourth-order valence-corrected chi connectivity index (χ4v) is 2.67. The van der Waals surface area contributed by atoms with Gasteiger partial charge in [-0.25, -0.2) is 0 Å². The zero-order chi connectivity index (χ0) is 10.7. The van der Waals surface area contributed by atoms with Crippen molar-refractivity contribution >= 4 is 5.97 Å². The second-order valence-corrected chi connectivity index (χ2v) is 4.54. The van der Waals surface area contributed by atoms with Crippen LogP contribution in [0.2, 0.25) is 0 Å². The van der Waals surface area contributed by atoms with Gasteiger partial charge in [0.25, 0.3) is 0 Å². The minimum atomic E-state index is -0.117. The molecule has 0 amide bonds. The zero-order valence-electron chi connectivity index (χ0n) is 9.29. The molecule has 2 aliphatic rings. The van der Waals surface area contributed by atoms with E-state index < -0.39 is 0 Å². The van der Waals surface area contributed by atoms with Gasteiger partial charge in [0, 0.05) is 12.6 Å². The predicted octanol–water partition coefficient (Wildman–Crippen LogP) is 0.280. The topological polar surface area (TPSA) is 50.4 Å². The molecule has 86 valence electrons. The maximum Gasteiger partial charge on any atom is 0.322 e. The number of ether oxygens (including phenoxy) is 1. The number of carbonyl (C=O) groups is 1. The van der Waals surface area contributed by atoms with Crippen LogP contribution < -0.4 is 10.6 Å². The van der Waals surface area contributed by atoms with Crippen LogP contribution >= 0.6 is 0 Å². The van der Waals surface area contributed by atoms with E-state index in [0.29, 0.717) is 12.0 Å². The van der Waals surface area contributed by atoms with E-state index in [2.05, 4.69) is 10.6 Å². The molecule has 2 fully saturated rings. The van der Waals surface area contributed by atoms with E-state index in [1.807, 2.05) is 0 Å². The lowest BCUT2D eigenvalue weighted by Gasteiger charge is -2.28. The van der Waals surface area contributed by atoms with Crippen LogP contribution in [0, 0.1) is 5.92 Å². The number of hydrogen-bond acceptors (Lipinski definition) is 4. The van der Waals surface area contributed by atoms with Crippen LogP contribution in [0.4, 0.5) is 0 Å². The van der Waals surface area contributed by atoms with E-state index in [-0.39, 0.29) is 12.0 Å². The van der Waals surface area contributed by atoms with E-state index in [0.717, 1.165) is 19.5 Å². The average Bonchev–Trinajstić information content (AvgIpc) is 2.78. The zero-order valence-corrected chi connectivity index (χ0v) is 9.29. The molecule has 0 aromatic carbocycles. The van der Waals surface area contributed by atoms with Gasteiger partial charge >= 0.3 is 5.97 Å². The van der Waals surface area contributed by atoms with Gasteiger partial charge in [0.15, 0.2) is 0 Å². The Bertz CT molecular complexity index is 227. The first-order chi connectivity index (χ1) is 7.31. The van der Waals surface area contributed by atoms with Crippen molar-refractivity contribution in [2.24, 2.45) is 5.92 Å². The lowest BCUT2D eigenvalue weighted by Crippen LogP contribution is -2.40. The molecule has 2 heterocycles. The molecule has 2 N–H and O–H groups in total. The van der Waals surface area contributed by atoms with Crippen LogP contribution in [0.5, 0.6) is 0 Å². The quantitative estimate of drug-likeness (QED) is 0.646. The van der Waals surface area contributed by atoms with Gasteiger partial charge in [-0.1, -0.05) is 6.42 Å². The molecule has 0 aromatic heterocycles. The van der Waals surface area contributed by atoms with Crippen molar-refractivity contribution in [3.63, 3.8) is 0 Å². The molecule has 2 aliphatic heterocycles. The Morgan fingerprint density at radius 2 is 2.20 bits per heavy atom. The highest BCUT2D eigenvalue weighted by Gasteiger charge is 2.34. The Hall–Kier alpha value is -0.610. The number of esters is 1. The first-order valence-corrected chi connectivity index (χ1v) is 5.86. The summed E-state index contributed by atoms with van der Waals surface area (Å²) < 4.78 is 4.75. The summed E-state index contributed by atoms with van der Waals surface area (Å²) in [4.78, 5) is 11.3. The molecule has 0 bridgehead atoms. The molecular weight excluding hydrogens is 192 g/mol. The average molecular weight is 212 g/mol. The third-order valence-electron chi connectivity index (χ3n) is 3.57. The molecule has 0 aliphatic carbocycles. The SMILES string of the molecule is COC(=O)C1CC(C2CCCCN2)CN1. The number of carbonyl (C=O) groups excluding carboxylic acids is 1. The molecule has 4 nitrogen and oxygen atoms in total. The van der Waals surface area contributed by atoms with Gasteiger partial charge in [0.2, 0.25) is 0 Å². The summed E-state index contributed by atoms with van der Waals surface area (Å²) in [6, 6.07) is 0.518. The Balaban J connectivity index is 1.83. The normalized spacial score (nSPS) is 36.5. The molecule has 0 radical (unpaired) electrons. The maximum absolute atomic E-state index is 11.3. The summed E-state index contributed by atoms with van der Waals surface area (Å²) in [7, 11) is 1.45. The summed E-state index contributed by atoms with van der Waals surface area (Å²) >= 11 is 0. The van der Waals surface area contributed by atoms with Crippen molar-refractivity contribution in [1.82, 2.24) is 10.6 Å². The predicted molar refractivity (Wildman–Crippen MR) is 57.6 cm³/mol. The monoisotopic (exact) mass is 212 g/mol. The molecular formula is C11H20N2O2. The van der Waals surface area contributed by atoms with Crippen LogP contribution in [-0.4, -0.2) is 38.3 Å². The molecule has 4 heteroatoms. The van der Waals surface area contributed by atoms with E-state index in [1.54, 1.807) is 0 Å². The summed E-state index contributed by atoms with van der Waals surface area (Å²) in [6.45, 7) is 2.07. The number of piperidine rings is 1. The first-order valence-electron chi connectivity index (χ1n) is 5.86. The van der Waals surface area contributed by atoms with E-state index >= 15 is 0 Å². The van der Waals surface area contributed by atoms with Crippen molar-refractivity contribution in [3.8, 4) is 0 Å². The van der Waals surface area contributed by atoms with Crippen LogP contribution in [0.3, 0.4) is 0 Å². The highest BCUT2D eigenvalue weighted by molar-refractivity contribution is 5.76. The molecule has 0 spiro atoms. The van der Waals surface area contributed by atoms with Crippen molar-refractivity contribution in [1.29, 1.82) is 0 Å². The molecule has 15 heavy (non-hydrogen) atoms. The Labute approximate surface area is 90.8 Å². The number of nitrogens with one attached hydrogen (secondary N) is 2.